The monoisotopic (exact) mass is 238 g/mol. The van der Waals surface area contributed by atoms with E-state index in [2.05, 4.69) is 10.5 Å². The Morgan fingerprint density at radius 1 is 1.31 bits per heavy atom. The van der Waals surface area contributed by atoms with Gasteiger partial charge in [0.15, 0.2) is 0 Å². The minimum atomic E-state index is 0.231. The Kier molecular flexibility index (Phi) is 3.44. The SMILES string of the molecule is Oc1ccc(Cl)cc1CNCc1ccno1. The lowest BCUT2D eigenvalue weighted by Crippen LogP contribution is -2.12. The molecule has 0 bridgehead atoms. The summed E-state index contributed by atoms with van der Waals surface area (Å²) in [6.45, 7) is 1.08. The van der Waals surface area contributed by atoms with Crippen LogP contribution in [0.5, 0.6) is 5.75 Å². The zero-order valence-corrected chi connectivity index (χ0v) is 9.24. The molecular weight excluding hydrogens is 228 g/mol. The summed E-state index contributed by atoms with van der Waals surface area (Å²) in [6.07, 6.45) is 1.59. The highest BCUT2D eigenvalue weighted by Crippen LogP contribution is 2.21. The number of aromatic nitrogens is 1. The minimum absolute atomic E-state index is 0.231. The molecule has 0 radical (unpaired) electrons. The van der Waals surface area contributed by atoms with E-state index in [9.17, 15) is 5.11 Å². The summed E-state index contributed by atoms with van der Waals surface area (Å²) in [5.41, 5.74) is 0.756. The molecule has 0 aliphatic rings. The van der Waals surface area contributed by atoms with Gasteiger partial charge < -0.3 is 14.9 Å². The van der Waals surface area contributed by atoms with E-state index in [0.717, 1.165) is 11.3 Å². The summed E-state index contributed by atoms with van der Waals surface area (Å²) in [7, 11) is 0. The molecule has 0 spiro atoms. The maximum Gasteiger partial charge on any atom is 0.150 e. The molecule has 0 aliphatic carbocycles. The van der Waals surface area contributed by atoms with Crippen molar-refractivity contribution < 1.29 is 9.63 Å². The van der Waals surface area contributed by atoms with Crippen LogP contribution in [0.1, 0.15) is 11.3 Å². The van der Waals surface area contributed by atoms with Gasteiger partial charge in [-0.1, -0.05) is 16.8 Å². The number of nitrogens with zero attached hydrogens (tertiary/aromatic N) is 1. The first-order valence-electron chi connectivity index (χ1n) is 4.83. The molecule has 0 saturated heterocycles. The first kappa shape index (κ1) is 11.0. The molecule has 2 aromatic rings. The van der Waals surface area contributed by atoms with Crippen LogP contribution in [0, 0.1) is 0 Å². The van der Waals surface area contributed by atoms with Crippen LogP contribution < -0.4 is 5.32 Å². The highest BCUT2D eigenvalue weighted by molar-refractivity contribution is 6.30. The third-order valence-electron chi connectivity index (χ3n) is 2.15. The van der Waals surface area contributed by atoms with Gasteiger partial charge in [0, 0.05) is 23.2 Å². The molecule has 0 aliphatic heterocycles. The molecule has 4 nitrogen and oxygen atoms in total. The zero-order chi connectivity index (χ0) is 11.4. The number of aromatic hydroxyl groups is 1. The van der Waals surface area contributed by atoms with Crippen molar-refractivity contribution in [1.82, 2.24) is 10.5 Å². The highest BCUT2D eigenvalue weighted by atomic mass is 35.5. The van der Waals surface area contributed by atoms with Gasteiger partial charge in [0.25, 0.3) is 0 Å². The van der Waals surface area contributed by atoms with Crippen LogP contribution in [0.25, 0.3) is 0 Å². The molecule has 5 heteroatoms. The lowest BCUT2D eigenvalue weighted by molar-refractivity contribution is 0.372. The van der Waals surface area contributed by atoms with Crippen molar-refractivity contribution in [3.05, 3.63) is 46.8 Å². The van der Waals surface area contributed by atoms with Crippen LogP contribution in [0.15, 0.2) is 35.0 Å². The summed E-state index contributed by atoms with van der Waals surface area (Å²) in [5, 5.41) is 16.9. The predicted octanol–water partition coefficient (Wildman–Crippen LogP) is 2.32. The quantitative estimate of drug-likeness (QED) is 0.858. The molecule has 16 heavy (non-hydrogen) atoms. The first-order chi connectivity index (χ1) is 7.75. The summed E-state index contributed by atoms with van der Waals surface area (Å²) < 4.78 is 4.92. The lowest BCUT2D eigenvalue weighted by Gasteiger charge is -2.05. The topological polar surface area (TPSA) is 58.3 Å². The molecule has 1 aromatic heterocycles. The zero-order valence-electron chi connectivity index (χ0n) is 8.48. The van der Waals surface area contributed by atoms with E-state index < -0.39 is 0 Å². The van der Waals surface area contributed by atoms with Gasteiger partial charge in [-0.25, -0.2) is 0 Å². The number of rotatable bonds is 4. The Hall–Kier alpha value is -1.52. The van der Waals surface area contributed by atoms with Crippen molar-refractivity contribution in [1.29, 1.82) is 0 Å². The van der Waals surface area contributed by atoms with Crippen LogP contribution in [0.4, 0.5) is 0 Å². The molecule has 1 heterocycles. The van der Waals surface area contributed by atoms with Gasteiger partial charge in [0.05, 0.1) is 12.7 Å². The second-order valence-electron chi connectivity index (χ2n) is 3.36. The standard InChI is InChI=1S/C11H11ClN2O2/c12-9-1-2-11(15)8(5-9)6-13-7-10-3-4-14-16-10/h1-5,13,15H,6-7H2. The van der Waals surface area contributed by atoms with Crippen LogP contribution in [0.3, 0.4) is 0 Å². The average Bonchev–Trinajstić information content (AvgIpc) is 2.76. The number of hydrogen-bond acceptors (Lipinski definition) is 4. The van der Waals surface area contributed by atoms with E-state index >= 15 is 0 Å². The van der Waals surface area contributed by atoms with Gasteiger partial charge in [-0.3, -0.25) is 0 Å². The Morgan fingerprint density at radius 3 is 2.94 bits per heavy atom. The second-order valence-corrected chi connectivity index (χ2v) is 3.79. The Morgan fingerprint density at radius 2 is 2.19 bits per heavy atom. The lowest BCUT2D eigenvalue weighted by atomic mass is 10.2. The third kappa shape index (κ3) is 2.74. The molecule has 2 N–H and O–H groups in total. The maximum absolute atomic E-state index is 9.56. The molecular formula is C11H11ClN2O2. The fourth-order valence-corrected chi connectivity index (χ4v) is 1.54. The van der Waals surface area contributed by atoms with E-state index in [-0.39, 0.29) is 5.75 Å². The van der Waals surface area contributed by atoms with Gasteiger partial charge >= 0.3 is 0 Å². The van der Waals surface area contributed by atoms with E-state index in [4.69, 9.17) is 16.1 Å². The van der Waals surface area contributed by atoms with E-state index in [0.29, 0.717) is 18.1 Å². The summed E-state index contributed by atoms with van der Waals surface area (Å²) >= 11 is 5.83. The van der Waals surface area contributed by atoms with Crippen molar-refractivity contribution >= 4 is 11.6 Å². The fourth-order valence-electron chi connectivity index (χ4n) is 1.35. The van der Waals surface area contributed by atoms with Crippen molar-refractivity contribution in [2.75, 3.05) is 0 Å². The smallest absolute Gasteiger partial charge is 0.150 e. The maximum atomic E-state index is 9.56. The van der Waals surface area contributed by atoms with Crippen LogP contribution in [-0.2, 0) is 13.1 Å². The predicted molar refractivity (Wildman–Crippen MR) is 60.2 cm³/mol. The van der Waals surface area contributed by atoms with Gasteiger partial charge in [-0.2, -0.15) is 0 Å². The van der Waals surface area contributed by atoms with Gasteiger partial charge in [-0.15, -0.1) is 0 Å². The highest BCUT2D eigenvalue weighted by Gasteiger charge is 2.02. The van der Waals surface area contributed by atoms with Crippen molar-refractivity contribution in [2.24, 2.45) is 0 Å². The van der Waals surface area contributed by atoms with Crippen molar-refractivity contribution in [3.8, 4) is 5.75 Å². The summed E-state index contributed by atoms with van der Waals surface area (Å²) in [4.78, 5) is 0. The normalized spacial score (nSPS) is 10.6. The second kappa shape index (κ2) is 5.01. The fraction of sp³-hybridized carbons (Fsp3) is 0.182. The Labute approximate surface area is 97.8 Å². The number of phenols is 1. The molecule has 84 valence electrons. The van der Waals surface area contributed by atoms with Crippen LogP contribution in [0.2, 0.25) is 5.02 Å². The molecule has 0 saturated carbocycles. The van der Waals surface area contributed by atoms with E-state index in [1.807, 2.05) is 0 Å². The summed E-state index contributed by atoms with van der Waals surface area (Å²) in [5.74, 6) is 0.982. The number of hydrogen-bond donors (Lipinski definition) is 2. The first-order valence-corrected chi connectivity index (χ1v) is 5.21. The third-order valence-corrected chi connectivity index (χ3v) is 2.38. The van der Waals surface area contributed by atoms with Crippen molar-refractivity contribution in [3.63, 3.8) is 0 Å². The van der Waals surface area contributed by atoms with Crippen LogP contribution >= 0.6 is 11.6 Å². The summed E-state index contributed by atoms with van der Waals surface area (Å²) in [6, 6.07) is 6.74. The van der Waals surface area contributed by atoms with Gasteiger partial charge in [-0.05, 0) is 18.2 Å². The largest absolute Gasteiger partial charge is 0.508 e. The molecule has 0 unspecified atom stereocenters. The van der Waals surface area contributed by atoms with Crippen LogP contribution in [-0.4, -0.2) is 10.3 Å². The minimum Gasteiger partial charge on any atom is -0.508 e. The Balaban J connectivity index is 1.92. The van der Waals surface area contributed by atoms with E-state index in [1.54, 1.807) is 30.5 Å². The number of nitrogens with one attached hydrogen (secondary N) is 1. The van der Waals surface area contributed by atoms with Gasteiger partial charge in [0.2, 0.25) is 0 Å². The molecule has 0 fully saturated rings. The molecule has 0 atom stereocenters. The van der Waals surface area contributed by atoms with E-state index in [1.165, 1.54) is 0 Å². The van der Waals surface area contributed by atoms with Crippen molar-refractivity contribution in [2.45, 2.75) is 13.1 Å². The number of benzene rings is 1. The van der Waals surface area contributed by atoms with Gasteiger partial charge in [0.1, 0.15) is 11.5 Å². The number of phenolic OH excluding ortho intramolecular Hbond substituents is 1. The number of halogens is 1. The Bertz CT molecular complexity index is 457. The molecule has 2 rings (SSSR count). The molecule has 0 amide bonds. The average molecular weight is 239 g/mol. The molecule has 1 aromatic carbocycles.